The van der Waals surface area contributed by atoms with Crippen LogP contribution in [0.1, 0.15) is 35.4 Å². The highest BCUT2D eigenvalue weighted by atomic mass is 32.2. The van der Waals surface area contributed by atoms with Gasteiger partial charge in [-0.25, -0.2) is 8.42 Å². The van der Waals surface area contributed by atoms with Gasteiger partial charge in [0.25, 0.3) is 0 Å². The lowest BCUT2D eigenvalue weighted by Gasteiger charge is -2.18. The second-order valence-electron chi connectivity index (χ2n) is 7.69. The predicted octanol–water partition coefficient (Wildman–Crippen LogP) is 4.37. The summed E-state index contributed by atoms with van der Waals surface area (Å²) < 4.78 is 24.6. The first-order chi connectivity index (χ1) is 15.0. The molecule has 0 saturated heterocycles. The van der Waals surface area contributed by atoms with E-state index < -0.39 is 21.5 Å². The van der Waals surface area contributed by atoms with E-state index >= 15 is 0 Å². The van der Waals surface area contributed by atoms with E-state index in [2.05, 4.69) is 29.6 Å². The van der Waals surface area contributed by atoms with Crippen LogP contribution in [-0.2, 0) is 21.1 Å². The zero-order chi connectivity index (χ0) is 21.9. The minimum Gasteiger partial charge on any atom is -0.355 e. The zero-order valence-electron chi connectivity index (χ0n) is 17.6. The Kier molecular flexibility index (Phi) is 8.42. The van der Waals surface area contributed by atoms with E-state index in [-0.39, 0.29) is 11.7 Å². The van der Waals surface area contributed by atoms with Gasteiger partial charge in [-0.2, -0.15) is 0 Å². The highest BCUT2D eigenvalue weighted by Crippen LogP contribution is 2.27. The van der Waals surface area contributed by atoms with Gasteiger partial charge in [0.05, 0.1) is 5.75 Å². The first-order valence-corrected chi connectivity index (χ1v) is 12.5. The van der Waals surface area contributed by atoms with Gasteiger partial charge in [-0.1, -0.05) is 91.0 Å². The fraction of sp³-hybridized carbons (Fsp3) is 0.269. The fourth-order valence-electron chi connectivity index (χ4n) is 3.72. The van der Waals surface area contributed by atoms with Crippen LogP contribution in [0.3, 0.4) is 0 Å². The molecule has 4 nitrogen and oxygen atoms in total. The van der Waals surface area contributed by atoms with Gasteiger partial charge in [-0.3, -0.25) is 4.79 Å². The molecule has 1 amide bonds. The molecule has 3 aromatic rings. The van der Waals surface area contributed by atoms with Crippen LogP contribution >= 0.6 is 0 Å². The Bertz CT molecular complexity index is 996. The molecule has 0 radical (unpaired) electrons. The average Bonchev–Trinajstić information content (AvgIpc) is 2.78. The van der Waals surface area contributed by atoms with Crippen LogP contribution in [0.5, 0.6) is 0 Å². The van der Waals surface area contributed by atoms with E-state index in [0.29, 0.717) is 25.8 Å². The Morgan fingerprint density at radius 2 is 1.29 bits per heavy atom. The van der Waals surface area contributed by atoms with Crippen LogP contribution in [0.4, 0.5) is 0 Å². The quantitative estimate of drug-likeness (QED) is 0.486. The molecule has 162 valence electrons. The van der Waals surface area contributed by atoms with Crippen LogP contribution in [-0.4, -0.2) is 32.4 Å². The van der Waals surface area contributed by atoms with Crippen molar-refractivity contribution in [3.63, 3.8) is 0 Å². The SMILES string of the molecule is O=C(CS(=O)(=O)CCCc1ccccc1)NCCC(c1ccccc1)c1ccccc1. The van der Waals surface area contributed by atoms with E-state index in [1.54, 1.807) is 0 Å². The smallest absolute Gasteiger partial charge is 0.235 e. The van der Waals surface area contributed by atoms with Gasteiger partial charge in [0.15, 0.2) is 9.84 Å². The number of aryl methyl sites for hydroxylation is 1. The second kappa shape index (κ2) is 11.5. The molecule has 0 unspecified atom stereocenters. The maximum absolute atomic E-state index is 12.3. The Labute approximate surface area is 185 Å². The minimum atomic E-state index is -3.42. The number of hydrogen-bond donors (Lipinski definition) is 1. The first-order valence-electron chi connectivity index (χ1n) is 10.6. The van der Waals surface area contributed by atoms with Crippen LogP contribution in [0, 0.1) is 0 Å². The van der Waals surface area contributed by atoms with Crippen molar-refractivity contribution in [2.24, 2.45) is 0 Å². The van der Waals surface area contributed by atoms with Crippen molar-refractivity contribution in [2.45, 2.75) is 25.2 Å². The van der Waals surface area contributed by atoms with E-state index in [1.165, 1.54) is 11.1 Å². The lowest BCUT2D eigenvalue weighted by Crippen LogP contribution is -2.32. The Morgan fingerprint density at radius 1 is 0.774 bits per heavy atom. The fourth-order valence-corrected chi connectivity index (χ4v) is 4.95. The molecule has 0 fully saturated rings. The summed E-state index contributed by atoms with van der Waals surface area (Å²) in [5.74, 6) is -0.723. The Hall–Kier alpha value is -2.92. The molecule has 1 N–H and O–H groups in total. The third-order valence-electron chi connectivity index (χ3n) is 5.27. The normalized spacial score (nSPS) is 11.4. The molecular formula is C26H29NO3S. The second-order valence-corrected chi connectivity index (χ2v) is 9.88. The third kappa shape index (κ3) is 7.68. The van der Waals surface area contributed by atoms with Crippen LogP contribution in [0.2, 0.25) is 0 Å². The van der Waals surface area contributed by atoms with Crippen molar-refractivity contribution in [3.05, 3.63) is 108 Å². The summed E-state index contributed by atoms with van der Waals surface area (Å²) >= 11 is 0. The van der Waals surface area contributed by atoms with Crippen molar-refractivity contribution < 1.29 is 13.2 Å². The first kappa shape index (κ1) is 22.8. The molecule has 0 aromatic heterocycles. The van der Waals surface area contributed by atoms with E-state index in [0.717, 1.165) is 5.56 Å². The van der Waals surface area contributed by atoms with E-state index in [1.807, 2.05) is 66.7 Å². The zero-order valence-corrected chi connectivity index (χ0v) is 18.4. The van der Waals surface area contributed by atoms with Crippen molar-refractivity contribution in [3.8, 4) is 0 Å². The molecule has 0 aliphatic heterocycles. The standard InChI is InChI=1S/C26H29NO3S/c28-26(21-31(29,30)20-10-13-22-11-4-1-5-12-22)27-19-18-25(23-14-6-2-7-15-23)24-16-8-3-9-17-24/h1-9,11-12,14-17,25H,10,13,18-21H2,(H,27,28). The molecule has 0 spiro atoms. The minimum absolute atomic E-state index is 0.0198. The molecule has 31 heavy (non-hydrogen) atoms. The van der Waals surface area contributed by atoms with Crippen LogP contribution in [0.15, 0.2) is 91.0 Å². The summed E-state index contributed by atoms with van der Waals surface area (Å²) in [6, 6.07) is 30.1. The van der Waals surface area contributed by atoms with Gasteiger partial charge in [0.2, 0.25) is 5.91 Å². The van der Waals surface area contributed by atoms with Crippen molar-refractivity contribution >= 4 is 15.7 Å². The molecule has 0 aliphatic carbocycles. The van der Waals surface area contributed by atoms with Gasteiger partial charge >= 0.3 is 0 Å². The molecular weight excluding hydrogens is 406 g/mol. The highest BCUT2D eigenvalue weighted by molar-refractivity contribution is 7.92. The molecule has 3 aromatic carbocycles. The number of rotatable bonds is 11. The topological polar surface area (TPSA) is 63.2 Å². The van der Waals surface area contributed by atoms with Crippen LogP contribution in [0.25, 0.3) is 0 Å². The Morgan fingerprint density at radius 3 is 1.84 bits per heavy atom. The summed E-state index contributed by atoms with van der Waals surface area (Å²) in [4.78, 5) is 12.3. The number of carbonyl (C=O) groups excluding carboxylic acids is 1. The molecule has 0 heterocycles. The molecule has 0 bridgehead atoms. The van der Waals surface area contributed by atoms with Crippen molar-refractivity contribution in [1.82, 2.24) is 5.32 Å². The number of nitrogens with one attached hydrogen (secondary N) is 1. The molecule has 3 rings (SSSR count). The largest absolute Gasteiger partial charge is 0.355 e. The lowest BCUT2D eigenvalue weighted by molar-refractivity contribution is -0.118. The summed E-state index contributed by atoms with van der Waals surface area (Å²) in [5.41, 5.74) is 3.46. The maximum atomic E-state index is 12.3. The van der Waals surface area contributed by atoms with Gasteiger partial charge in [0.1, 0.15) is 5.75 Å². The number of sulfone groups is 1. The van der Waals surface area contributed by atoms with E-state index in [4.69, 9.17) is 0 Å². The summed E-state index contributed by atoms with van der Waals surface area (Å²) in [5, 5.41) is 2.80. The number of amides is 1. The molecule has 5 heteroatoms. The lowest BCUT2D eigenvalue weighted by atomic mass is 9.88. The van der Waals surface area contributed by atoms with Gasteiger partial charge in [-0.05, 0) is 36.0 Å². The predicted molar refractivity (Wildman–Crippen MR) is 126 cm³/mol. The summed E-state index contributed by atoms with van der Waals surface area (Å²) in [7, 11) is -3.42. The Balaban J connectivity index is 1.48. The van der Waals surface area contributed by atoms with Crippen LogP contribution < -0.4 is 5.32 Å². The van der Waals surface area contributed by atoms with E-state index in [9.17, 15) is 13.2 Å². The van der Waals surface area contributed by atoms with Gasteiger partial charge < -0.3 is 5.32 Å². The monoisotopic (exact) mass is 435 g/mol. The van der Waals surface area contributed by atoms with Crippen molar-refractivity contribution in [2.75, 3.05) is 18.1 Å². The highest BCUT2D eigenvalue weighted by Gasteiger charge is 2.18. The van der Waals surface area contributed by atoms with Gasteiger partial charge in [0, 0.05) is 12.5 Å². The summed E-state index contributed by atoms with van der Waals surface area (Å²) in [6.07, 6.45) is 1.91. The third-order valence-corrected chi connectivity index (χ3v) is 6.89. The number of carbonyl (C=O) groups is 1. The number of benzene rings is 3. The molecule has 0 saturated carbocycles. The maximum Gasteiger partial charge on any atom is 0.235 e. The summed E-state index contributed by atoms with van der Waals surface area (Å²) in [6.45, 7) is 0.423. The molecule has 0 atom stereocenters. The number of hydrogen-bond acceptors (Lipinski definition) is 3. The molecule has 0 aliphatic rings. The average molecular weight is 436 g/mol. The van der Waals surface area contributed by atoms with Gasteiger partial charge in [-0.15, -0.1) is 0 Å². The van der Waals surface area contributed by atoms with Crippen molar-refractivity contribution in [1.29, 1.82) is 0 Å².